The first-order chi connectivity index (χ1) is 8.16. The monoisotopic (exact) mass is 253 g/mol. The van der Waals surface area contributed by atoms with Crippen LogP contribution in [0.4, 0.5) is 0 Å². The predicted molar refractivity (Wildman–Crippen MR) is 69.4 cm³/mol. The van der Waals surface area contributed by atoms with Crippen LogP contribution in [-0.4, -0.2) is 30.0 Å². The second-order valence-electron chi connectivity index (χ2n) is 4.61. The van der Waals surface area contributed by atoms with Crippen LogP contribution in [0.1, 0.15) is 34.4 Å². The minimum Gasteiger partial charge on any atom is -0.349 e. The molecule has 1 aliphatic heterocycles. The third-order valence-electron chi connectivity index (χ3n) is 3.25. The Balaban J connectivity index is 1.89. The van der Waals surface area contributed by atoms with Gasteiger partial charge in [-0.05, 0) is 45.7 Å². The summed E-state index contributed by atoms with van der Waals surface area (Å²) >= 11 is 1.45. The first-order valence-corrected chi connectivity index (χ1v) is 6.92. The number of carbonyl (C=O) groups excluding carboxylic acids is 1. The Morgan fingerprint density at radius 1 is 1.71 bits per heavy atom. The van der Waals surface area contributed by atoms with Gasteiger partial charge in [-0.3, -0.25) is 4.79 Å². The molecule has 1 fully saturated rings. The molecule has 1 amide bonds. The lowest BCUT2D eigenvalue weighted by molar-refractivity contribution is 0.0926. The summed E-state index contributed by atoms with van der Waals surface area (Å²) in [6, 6.07) is 0.220. The Hall–Kier alpha value is -0.940. The van der Waals surface area contributed by atoms with Crippen LogP contribution in [0, 0.1) is 12.8 Å². The van der Waals surface area contributed by atoms with Gasteiger partial charge in [0, 0.05) is 6.04 Å². The summed E-state index contributed by atoms with van der Waals surface area (Å²) < 4.78 is 0. The average molecular weight is 253 g/mol. The molecular formula is C12H19N3OS. The minimum absolute atomic E-state index is 0.00803. The van der Waals surface area contributed by atoms with Crippen molar-refractivity contribution in [1.82, 2.24) is 15.6 Å². The molecule has 1 aliphatic rings. The van der Waals surface area contributed by atoms with Crippen LogP contribution in [0.15, 0.2) is 6.20 Å². The van der Waals surface area contributed by atoms with E-state index in [-0.39, 0.29) is 11.9 Å². The maximum Gasteiger partial charge on any atom is 0.263 e. The largest absolute Gasteiger partial charge is 0.349 e. The Morgan fingerprint density at radius 2 is 2.53 bits per heavy atom. The number of hydrogen-bond donors (Lipinski definition) is 2. The highest BCUT2D eigenvalue weighted by atomic mass is 32.1. The van der Waals surface area contributed by atoms with Crippen LogP contribution >= 0.6 is 11.3 Å². The lowest BCUT2D eigenvalue weighted by atomic mass is 9.93. The number of carbonyl (C=O) groups is 1. The smallest absolute Gasteiger partial charge is 0.263 e. The summed E-state index contributed by atoms with van der Waals surface area (Å²) in [5.41, 5.74) is 0. The van der Waals surface area contributed by atoms with Crippen LogP contribution < -0.4 is 10.6 Å². The molecule has 0 bridgehead atoms. The van der Waals surface area contributed by atoms with Gasteiger partial charge in [-0.2, -0.15) is 0 Å². The maximum atomic E-state index is 11.9. The second-order valence-corrected chi connectivity index (χ2v) is 5.85. The van der Waals surface area contributed by atoms with E-state index in [1.807, 2.05) is 6.92 Å². The molecule has 1 aromatic heterocycles. The molecule has 0 aromatic carbocycles. The van der Waals surface area contributed by atoms with Crippen LogP contribution in [0.5, 0.6) is 0 Å². The minimum atomic E-state index is 0.00803. The Labute approximate surface area is 106 Å². The van der Waals surface area contributed by atoms with E-state index in [1.165, 1.54) is 24.2 Å². The maximum absolute atomic E-state index is 11.9. The molecule has 0 radical (unpaired) electrons. The quantitative estimate of drug-likeness (QED) is 0.859. The van der Waals surface area contributed by atoms with Gasteiger partial charge in [0.2, 0.25) is 0 Å². The van der Waals surface area contributed by atoms with E-state index in [0.717, 1.165) is 18.1 Å². The second kappa shape index (κ2) is 5.60. The fourth-order valence-electron chi connectivity index (χ4n) is 2.17. The van der Waals surface area contributed by atoms with Crippen molar-refractivity contribution in [2.45, 2.75) is 32.7 Å². The van der Waals surface area contributed by atoms with Gasteiger partial charge < -0.3 is 10.6 Å². The normalized spacial score (nSPS) is 22.1. The number of thiazole rings is 1. The van der Waals surface area contributed by atoms with E-state index in [2.05, 4.69) is 22.5 Å². The van der Waals surface area contributed by atoms with Crippen molar-refractivity contribution in [3.8, 4) is 0 Å². The van der Waals surface area contributed by atoms with Gasteiger partial charge in [-0.1, -0.05) is 0 Å². The zero-order valence-electron chi connectivity index (χ0n) is 10.3. The molecule has 4 nitrogen and oxygen atoms in total. The van der Waals surface area contributed by atoms with E-state index < -0.39 is 0 Å². The molecular weight excluding hydrogens is 234 g/mol. The van der Waals surface area contributed by atoms with Crippen LogP contribution in [0.25, 0.3) is 0 Å². The highest BCUT2D eigenvalue weighted by molar-refractivity contribution is 7.13. The van der Waals surface area contributed by atoms with Gasteiger partial charge in [-0.15, -0.1) is 11.3 Å². The molecule has 2 heterocycles. The fourth-order valence-corrected chi connectivity index (χ4v) is 2.85. The highest BCUT2D eigenvalue weighted by Crippen LogP contribution is 2.16. The van der Waals surface area contributed by atoms with Crippen LogP contribution in [0.3, 0.4) is 0 Å². The molecule has 2 unspecified atom stereocenters. The summed E-state index contributed by atoms with van der Waals surface area (Å²) in [6.45, 7) is 6.10. The molecule has 0 saturated carbocycles. The molecule has 1 aromatic rings. The number of amides is 1. The molecule has 0 spiro atoms. The zero-order chi connectivity index (χ0) is 12.3. The lowest BCUT2D eigenvalue weighted by Gasteiger charge is -2.28. The van der Waals surface area contributed by atoms with Gasteiger partial charge in [0.05, 0.1) is 11.2 Å². The summed E-state index contributed by atoms with van der Waals surface area (Å²) in [6.07, 6.45) is 4.04. The third-order valence-corrected chi connectivity index (χ3v) is 4.16. The molecule has 2 N–H and O–H groups in total. The van der Waals surface area contributed by atoms with E-state index in [1.54, 1.807) is 6.20 Å². The number of piperidine rings is 1. The predicted octanol–water partition coefficient (Wildman–Crippen LogP) is 1.57. The molecule has 2 atom stereocenters. The molecule has 17 heavy (non-hydrogen) atoms. The average Bonchev–Trinajstić information content (AvgIpc) is 2.77. The van der Waals surface area contributed by atoms with Crippen molar-refractivity contribution in [2.24, 2.45) is 5.92 Å². The lowest BCUT2D eigenvalue weighted by Crippen LogP contribution is -2.44. The van der Waals surface area contributed by atoms with E-state index in [0.29, 0.717) is 10.8 Å². The Morgan fingerprint density at radius 3 is 3.12 bits per heavy atom. The highest BCUT2D eigenvalue weighted by Gasteiger charge is 2.22. The number of rotatable bonds is 3. The Kier molecular flexibility index (Phi) is 4.12. The first-order valence-electron chi connectivity index (χ1n) is 6.11. The number of nitrogens with zero attached hydrogens (tertiary/aromatic N) is 1. The number of aryl methyl sites for hydroxylation is 1. The number of aromatic nitrogens is 1. The van der Waals surface area contributed by atoms with Crippen LogP contribution in [0.2, 0.25) is 0 Å². The van der Waals surface area contributed by atoms with Gasteiger partial charge >= 0.3 is 0 Å². The van der Waals surface area contributed by atoms with Gasteiger partial charge in [0.25, 0.3) is 5.91 Å². The summed E-state index contributed by atoms with van der Waals surface area (Å²) in [7, 11) is 0. The zero-order valence-corrected chi connectivity index (χ0v) is 11.1. The van der Waals surface area contributed by atoms with Crippen LogP contribution in [-0.2, 0) is 0 Å². The Bertz CT molecular complexity index is 385. The van der Waals surface area contributed by atoms with Gasteiger partial charge in [-0.25, -0.2) is 4.98 Å². The van der Waals surface area contributed by atoms with Crippen molar-refractivity contribution in [1.29, 1.82) is 0 Å². The molecule has 94 valence electrons. The number of hydrogen-bond acceptors (Lipinski definition) is 4. The van der Waals surface area contributed by atoms with Crippen molar-refractivity contribution in [2.75, 3.05) is 13.1 Å². The van der Waals surface area contributed by atoms with E-state index in [4.69, 9.17) is 0 Å². The molecule has 1 saturated heterocycles. The van der Waals surface area contributed by atoms with E-state index in [9.17, 15) is 4.79 Å². The van der Waals surface area contributed by atoms with E-state index >= 15 is 0 Å². The van der Waals surface area contributed by atoms with Gasteiger partial charge in [0.1, 0.15) is 4.88 Å². The summed E-state index contributed by atoms with van der Waals surface area (Å²) in [5.74, 6) is 0.551. The first kappa shape index (κ1) is 12.5. The molecule has 2 rings (SSSR count). The topological polar surface area (TPSA) is 54.0 Å². The summed E-state index contributed by atoms with van der Waals surface area (Å²) in [5, 5.41) is 7.38. The van der Waals surface area contributed by atoms with Gasteiger partial charge in [0.15, 0.2) is 0 Å². The molecule has 0 aliphatic carbocycles. The van der Waals surface area contributed by atoms with Crippen molar-refractivity contribution >= 4 is 17.2 Å². The van der Waals surface area contributed by atoms with Crippen molar-refractivity contribution < 1.29 is 4.79 Å². The fraction of sp³-hybridized carbons (Fsp3) is 0.667. The number of nitrogens with one attached hydrogen (secondary N) is 2. The standard InChI is InChI=1S/C12H19N3OS/c1-8(10-4-3-5-13-6-10)15-12(16)11-7-14-9(2)17-11/h7-8,10,13H,3-6H2,1-2H3,(H,15,16). The molecule has 5 heteroatoms. The SMILES string of the molecule is Cc1ncc(C(=O)NC(C)C2CCCNC2)s1. The summed E-state index contributed by atoms with van der Waals surface area (Å²) in [4.78, 5) is 16.8. The third kappa shape index (κ3) is 3.26. The van der Waals surface area contributed by atoms with Crippen molar-refractivity contribution in [3.63, 3.8) is 0 Å². The van der Waals surface area contributed by atoms with Crippen molar-refractivity contribution in [3.05, 3.63) is 16.1 Å².